The van der Waals surface area contributed by atoms with Gasteiger partial charge in [-0.25, -0.2) is 4.98 Å². The van der Waals surface area contributed by atoms with Crippen molar-refractivity contribution < 1.29 is 4.79 Å². The topological polar surface area (TPSA) is 59.2 Å². The summed E-state index contributed by atoms with van der Waals surface area (Å²) < 4.78 is 0. The number of aromatic nitrogens is 1. The second-order valence-corrected chi connectivity index (χ2v) is 6.49. The summed E-state index contributed by atoms with van der Waals surface area (Å²) in [7, 11) is 0. The summed E-state index contributed by atoms with van der Waals surface area (Å²) >= 11 is 1.38. The minimum absolute atomic E-state index is 0.0233. The number of benzene rings is 1. The summed E-state index contributed by atoms with van der Waals surface area (Å²) in [5, 5.41) is 0.906. The number of anilines is 2. The molecule has 1 aromatic carbocycles. The van der Waals surface area contributed by atoms with E-state index in [2.05, 4.69) is 11.1 Å². The van der Waals surface area contributed by atoms with Gasteiger partial charge in [0.15, 0.2) is 0 Å². The van der Waals surface area contributed by atoms with Crippen molar-refractivity contribution in [3.05, 3.63) is 52.5 Å². The molecule has 0 bridgehead atoms. The highest BCUT2D eigenvalue weighted by Gasteiger charge is 2.28. The van der Waals surface area contributed by atoms with Gasteiger partial charge in [0.1, 0.15) is 9.71 Å². The molecule has 0 saturated carbocycles. The van der Waals surface area contributed by atoms with Gasteiger partial charge >= 0.3 is 0 Å². The highest BCUT2D eigenvalue weighted by Crippen LogP contribution is 2.37. The van der Waals surface area contributed by atoms with Crippen molar-refractivity contribution in [2.45, 2.75) is 13.3 Å². The van der Waals surface area contributed by atoms with Crippen molar-refractivity contribution in [3.8, 4) is 0 Å². The largest absolute Gasteiger partial charge is 0.397 e. The van der Waals surface area contributed by atoms with Crippen LogP contribution in [0.25, 0.3) is 10.2 Å². The van der Waals surface area contributed by atoms with E-state index in [9.17, 15) is 4.79 Å². The van der Waals surface area contributed by atoms with Crippen LogP contribution >= 0.6 is 11.3 Å². The summed E-state index contributed by atoms with van der Waals surface area (Å²) in [5.74, 6) is -0.0233. The van der Waals surface area contributed by atoms with E-state index in [4.69, 9.17) is 5.73 Å². The first-order chi connectivity index (χ1) is 10.7. The van der Waals surface area contributed by atoms with Crippen LogP contribution in [0.4, 0.5) is 11.4 Å². The SMILES string of the molecule is Cc1ccnc2sc(C(=O)N3CCc4ccccc43)c(N)c12. The molecule has 2 N–H and O–H groups in total. The number of rotatable bonds is 1. The first-order valence-electron chi connectivity index (χ1n) is 7.20. The molecule has 0 saturated heterocycles. The Balaban J connectivity index is 1.82. The molecule has 22 heavy (non-hydrogen) atoms. The van der Waals surface area contributed by atoms with Crippen LogP contribution < -0.4 is 10.6 Å². The number of pyridine rings is 1. The second-order valence-electron chi connectivity index (χ2n) is 5.49. The maximum atomic E-state index is 12.9. The van der Waals surface area contributed by atoms with Crippen LogP contribution in [-0.2, 0) is 6.42 Å². The fraction of sp³-hybridized carbons (Fsp3) is 0.176. The number of nitrogen functional groups attached to an aromatic ring is 1. The van der Waals surface area contributed by atoms with E-state index in [0.29, 0.717) is 17.1 Å². The van der Waals surface area contributed by atoms with E-state index in [1.165, 1.54) is 16.9 Å². The third-order valence-corrected chi connectivity index (χ3v) is 5.27. The highest BCUT2D eigenvalue weighted by atomic mass is 32.1. The molecule has 1 amide bonds. The number of hydrogen-bond acceptors (Lipinski definition) is 4. The molecule has 0 unspecified atom stereocenters. The number of amides is 1. The molecule has 4 nitrogen and oxygen atoms in total. The maximum absolute atomic E-state index is 12.9. The Hall–Kier alpha value is -2.40. The van der Waals surface area contributed by atoms with E-state index < -0.39 is 0 Å². The van der Waals surface area contributed by atoms with E-state index in [1.54, 1.807) is 6.20 Å². The van der Waals surface area contributed by atoms with Gasteiger partial charge in [-0.1, -0.05) is 18.2 Å². The van der Waals surface area contributed by atoms with Crippen LogP contribution in [0.1, 0.15) is 20.8 Å². The Bertz CT molecular complexity index is 900. The molecule has 1 aliphatic rings. The van der Waals surface area contributed by atoms with Gasteiger partial charge in [0.2, 0.25) is 0 Å². The Morgan fingerprint density at radius 2 is 2.14 bits per heavy atom. The number of hydrogen-bond donors (Lipinski definition) is 1. The molecule has 3 heterocycles. The molecule has 0 spiro atoms. The summed E-state index contributed by atoms with van der Waals surface area (Å²) in [6, 6.07) is 9.96. The lowest BCUT2D eigenvalue weighted by Crippen LogP contribution is -2.28. The average Bonchev–Trinajstić information content (AvgIpc) is 3.09. The summed E-state index contributed by atoms with van der Waals surface area (Å²) in [5.41, 5.74) is 10.1. The van der Waals surface area contributed by atoms with E-state index in [1.807, 2.05) is 36.1 Å². The van der Waals surface area contributed by atoms with Crippen molar-refractivity contribution >= 4 is 38.8 Å². The fourth-order valence-corrected chi connectivity index (χ4v) is 4.12. The first kappa shape index (κ1) is 13.3. The molecule has 2 aromatic heterocycles. The predicted molar refractivity (Wildman–Crippen MR) is 90.6 cm³/mol. The van der Waals surface area contributed by atoms with Gasteiger partial charge in [0.05, 0.1) is 5.69 Å². The number of thiophene rings is 1. The van der Waals surface area contributed by atoms with Gasteiger partial charge in [0.25, 0.3) is 5.91 Å². The lowest BCUT2D eigenvalue weighted by Gasteiger charge is -2.16. The summed E-state index contributed by atoms with van der Waals surface area (Å²) in [6.45, 7) is 2.70. The van der Waals surface area contributed by atoms with Gasteiger partial charge in [-0.3, -0.25) is 4.79 Å². The number of carbonyl (C=O) groups excluding carboxylic acids is 1. The Labute approximate surface area is 132 Å². The van der Waals surface area contributed by atoms with Gasteiger partial charge in [-0.05, 0) is 36.6 Å². The molecule has 0 radical (unpaired) electrons. The summed E-state index contributed by atoms with van der Waals surface area (Å²) in [4.78, 5) is 20.5. The van der Waals surface area contributed by atoms with Crippen LogP contribution in [0.15, 0.2) is 36.5 Å². The van der Waals surface area contributed by atoms with E-state index in [-0.39, 0.29) is 5.91 Å². The number of aryl methyl sites for hydroxylation is 1. The lowest BCUT2D eigenvalue weighted by molar-refractivity contribution is 0.0994. The van der Waals surface area contributed by atoms with Crippen LogP contribution in [0.2, 0.25) is 0 Å². The molecule has 3 aromatic rings. The lowest BCUT2D eigenvalue weighted by atomic mass is 10.1. The molecule has 1 aliphatic heterocycles. The van der Waals surface area contributed by atoms with Crippen molar-refractivity contribution in [1.82, 2.24) is 4.98 Å². The van der Waals surface area contributed by atoms with Crippen molar-refractivity contribution in [1.29, 1.82) is 0 Å². The number of para-hydroxylation sites is 1. The Kier molecular flexibility index (Phi) is 2.90. The number of fused-ring (bicyclic) bond motifs is 2. The quantitative estimate of drug-likeness (QED) is 0.749. The maximum Gasteiger partial charge on any atom is 0.270 e. The zero-order chi connectivity index (χ0) is 15.3. The Morgan fingerprint density at radius 1 is 1.32 bits per heavy atom. The molecule has 5 heteroatoms. The van der Waals surface area contributed by atoms with Gasteiger partial charge in [-0.15, -0.1) is 11.3 Å². The molecule has 0 atom stereocenters. The second kappa shape index (κ2) is 4.81. The molecular formula is C17H15N3OS. The van der Waals surface area contributed by atoms with Crippen LogP contribution in [-0.4, -0.2) is 17.4 Å². The molecule has 0 aliphatic carbocycles. The minimum atomic E-state index is -0.0233. The molecule has 110 valence electrons. The first-order valence-corrected chi connectivity index (χ1v) is 8.02. The van der Waals surface area contributed by atoms with E-state index in [0.717, 1.165) is 27.9 Å². The van der Waals surface area contributed by atoms with Crippen LogP contribution in [0, 0.1) is 6.92 Å². The zero-order valence-electron chi connectivity index (χ0n) is 12.2. The standard InChI is InChI=1S/C17H15N3OS/c1-10-6-8-19-16-13(10)14(18)15(22-16)17(21)20-9-7-11-4-2-3-5-12(11)20/h2-6,8H,7,9,18H2,1H3. The van der Waals surface area contributed by atoms with Gasteiger partial charge in [-0.2, -0.15) is 0 Å². The molecule has 0 fully saturated rings. The number of carbonyl (C=O) groups is 1. The highest BCUT2D eigenvalue weighted by molar-refractivity contribution is 7.21. The predicted octanol–water partition coefficient (Wildman–Crippen LogP) is 3.39. The number of nitrogens with zero attached hydrogens (tertiary/aromatic N) is 2. The van der Waals surface area contributed by atoms with Crippen molar-refractivity contribution in [2.24, 2.45) is 0 Å². The third-order valence-electron chi connectivity index (χ3n) is 4.16. The summed E-state index contributed by atoms with van der Waals surface area (Å²) in [6.07, 6.45) is 2.65. The monoisotopic (exact) mass is 309 g/mol. The smallest absolute Gasteiger partial charge is 0.270 e. The minimum Gasteiger partial charge on any atom is -0.397 e. The Morgan fingerprint density at radius 3 is 2.95 bits per heavy atom. The van der Waals surface area contributed by atoms with Crippen LogP contribution in [0.5, 0.6) is 0 Å². The van der Waals surface area contributed by atoms with E-state index >= 15 is 0 Å². The van der Waals surface area contributed by atoms with Crippen molar-refractivity contribution in [2.75, 3.05) is 17.2 Å². The molecular weight excluding hydrogens is 294 g/mol. The zero-order valence-corrected chi connectivity index (χ0v) is 13.0. The number of nitrogens with two attached hydrogens (primary N) is 1. The average molecular weight is 309 g/mol. The fourth-order valence-electron chi connectivity index (χ4n) is 3.03. The third kappa shape index (κ3) is 1.82. The van der Waals surface area contributed by atoms with Crippen LogP contribution in [0.3, 0.4) is 0 Å². The van der Waals surface area contributed by atoms with Crippen molar-refractivity contribution in [3.63, 3.8) is 0 Å². The van der Waals surface area contributed by atoms with Gasteiger partial charge < -0.3 is 10.6 Å². The molecule has 4 rings (SSSR count). The van der Waals surface area contributed by atoms with Gasteiger partial charge in [0, 0.05) is 23.8 Å². The normalized spacial score (nSPS) is 13.6.